The summed E-state index contributed by atoms with van der Waals surface area (Å²) in [5.74, 6) is 0. The number of hydrogen-bond acceptors (Lipinski definition) is 4. The van der Waals surface area contributed by atoms with Crippen LogP contribution in [-0.2, 0) is 22.2 Å². The van der Waals surface area contributed by atoms with Gasteiger partial charge in [-0.25, -0.2) is 0 Å². The molecule has 0 radical (unpaired) electrons. The minimum absolute atomic E-state index is 0.119. The Balaban J connectivity index is 2.02. The zero-order valence-corrected chi connectivity index (χ0v) is 12.2. The molecule has 1 aromatic carbocycles. The van der Waals surface area contributed by atoms with Crippen LogP contribution in [0.15, 0.2) is 12.1 Å². The van der Waals surface area contributed by atoms with Crippen LogP contribution in [0.1, 0.15) is 38.8 Å². The average Bonchev–Trinajstić information content (AvgIpc) is 2.49. The van der Waals surface area contributed by atoms with E-state index in [1.807, 2.05) is 27.7 Å². The highest BCUT2D eigenvalue weighted by Gasteiger charge is 2.52. The Hall–Kier alpha value is -1.40. The summed E-state index contributed by atoms with van der Waals surface area (Å²) in [6.07, 6.45) is 1.83. The highest BCUT2D eigenvalue weighted by Crippen LogP contribution is 2.38. The van der Waals surface area contributed by atoms with E-state index in [1.54, 1.807) is 12.1 Å². The van der Waals surface area contributed by atoms with Gasteiger partial charge in [0.05, 0.1) is 16.1 Å². The van der Waals surface area contributed by atoms with Crippen molar-refractivity contribution in [1.82, 2.24) is 0 Å². The Bertz CT molecular complexity index is 581. The lowest BCUT2D eigenvalue weighted by atomic mass is 9.69. The van der Waals surface area contributed by atoms with Crippen LogP contribution >= 0.6 is 0 Å². The highest BCUT2D eigenvalue weighted by molar-refractivity contribution is 6.62. The van der Waals surface area contributed by atoms with Gasteiger partial charge in [-0.2, -0.15) is 0 Å². The molecule has 0 bridgehead atoms. The molecule has 106 valence electrons. The quantitative estimate of drug-likeness (QED) is 0.470. The molecule has 1 aromatic rings. The Morgan fingerprint density at radius 3 is 2.20 bits per heavy atom. The Kier molecular flexibility index (Phi) is 2.75. The molecule has 0 unspecified atom stereocenters. The van der Waals surface area contributed by atoms with E-state index in [-0.39, 0.29) is 10.6 Å². The van der Waals surface area contributed by atoms with Crippen molar-refractivity contribution >= 4 is 18.3 Å². The first-order valence-electron chi connectivity index (χ1n) is 6.87. The van der Waals surface area contributed by atoms with Gasteiger partial charge in [0.25, 0.3) is 5.69 Å². The molecule has 3 rings (SSSR count). The molecule has 1 heterocycles. The normalized spacial score (nSPS) is 22.3. The molecular weight excluding hydrogens is 257 g/mol. The number of nitrogens with zero attached hydrogens (tertiary/aromatic N) is 1. The summed E-state index contributed by atoms with van der Waals surface area (Å²) in [7, 11) is -0.519. The van der Waals surface area contributed by atoms with Crippen molar-refractivity contribution in [2.45, 2.75) is 51.7 Å². The maximum absolute atomic E-state index is 11.0. The van der Waals surface area contributed by atoms with Crippen LogP contribution in [0.25, 0.3) is 0 Å². The zero-order valence-electron chi connectivity index (χ0n) is 12.2. The fourth-order valence-electron chi connectivity index (χ4n) is 2.64. The third-order valence-corrected chi connectivity index (χ3v) is 4.72. The number of fused-ring (bicyclic) bond motifs is 1. The molecule has 6 heteroatoms. The van der Waals surface area contributed by atoms with Crippen LogP contribution in [0, 0.1) is 10.1 Å². The van der Waals surface area contributed by atoms with Crippen LogP contribution < -0.4 is 5.46 Å². The van der Waals surface area contributed by atoms with Crippen LogP contribution in [0.2, 0.25) is 0 Å². The van der Waals surface area contributed by atoms with Crippen LogP contribution in [0.4, 0.5) is 5.69 Å². The number of aryl methyl sites for hydroxylation is 1. The van der Waals surface area contributed by atoms with Gasteiger partial charge in [0.1, 0.15) is 0 Å². The fourth-order valence-corrected chi connectivity index (χ4v) is 2.64. The minimum atomic E-state index is -0.519. The Morgan fingerprint density at radius 1 is 1.15 bits per heavy atom. The summed E-state index contributed by atoms with van der Waals surface area (Å²) >= 11 is 0. The molecule has 0 N–H and O–H groups in total. The highest BCUT2D eigenvalue weighted by atomic mass is 16.7. The molecule has 0 amide bonds. The SMILES string of the molecule is CC1(C)OB(c2cc([N+](=O)[O-])cc3c2CC3)OC1(C)C. The molecule has 1 saturated heterocycles. The predicted octanol–water partition coefficient (Wildman–Crippen LogP) is 1.99. The molecule has 0 aromatic heterocycles. The van der Waals surface area contributed by atoms with E-state index in [4.69, 9.17) is 9.31 Å². The first kappa shape index (κ1) is 13.6. The molecular formula is C14H18BNO4. The third-order valence-electron chi connectivity index (χ3n) is 4.72. The lowest BCUT2D eigenvalue weighted by molar-refractivity contribution is -0.384. The fraction of sp³-hybridized carbons (Fsp3) is 0.571. The van der Waals surface area contributed by atoms with Crippen molar-refractivity contribution in [3.8, 4) is 0 Å². The number of nitro benzene ring substituents is 1. The Morgan fingerprint density at radius 2 is 1.75 bits per heavy atom. The van der Waals surface area contributed by atoms with Gasteiger partial charge in [0.15, 0.2) is 0 Å². The van der Waals surface area contributed by atoms with E-state index >= 15 is 0 Å². The number of nitro groups is 1. The van der Waals surface area contributed by atoms with Crippen molar-refractivity contribution in [3.63, 3.8) is 0 Å². The minimum Gasteiger partial charge on any atom is -0.399 e. The average molecular weight is 275 g/mol. The number of rotatable bonds is 2. The summed E-state index contributed by atoms with van der Waals surface area (Å²) < 4.78 is 12.0. The van der Waals surface area contributed by atoms with E-state index < -0.39 is 18.3 Å². The first-order valence-corrected chi connectivity index (χ1v) is 6.87. The van der Waals surface area contributed by atoms with Gasteiger partial charge in [-0.05, 0) is 57.1 Å². The summed E-state index contributed by atoms with van der Waals surface area (Å²) in [6.45, 7) is 7.93. The zero-order chi connectivity index (χ0) is 14.7. The smallest absolute Gasteiger partial charge is 0.399 e. The largest absolute Gasteiger partial charge is 0.495 e. The maximum atomic E-state index is 11.0. The lowest BCUT2D eigenvalue weighted by Crippen LogP contribution is -2.41. The molecule has 20 heavy (non-hydrogen) atoms. The predicted molar refractivity (Wildman–Crippen MR) is 76.2 cm³/mol. The van der Waals surface area contributed by atoms with Crippen molar-refractivity contribution in [2.75, 3.05) is 0 Å². The second-order valence-electron chi connectivity index (χ2n) is 6.52. The number of hydrogen-bond donors (Lipinski definition) is 0. The van der Waals surface area contributed by atoms with Crippen LogP contribution in [0.3, 0.4) is 0 Å². The van der Waals surface area contributed by atoms with Gasteiger partial charge in [0.2, 0.25) is 0 Å². The molecule has 2 aliphatic rings. The lowest BCUT2D eigenvalue weighted by Gasteiger charge is -2.32. The number of non-ortho nitro benzene ring substituents is 1. The summed E-state index contributed by atoms with van der Waals surface area (Å²) in [6, 6.07) is 3.26. The molecule has 1 aliphatic heterocycles. The topological polar surface area (TPSA) is 61.6 Å². The molecule has 1 aliphatic carbocycles. The van der Waals surface area contributed by atoms with Crippen molar-refractivity contribution in [3.05, 3.63) is 33.4 Å². The van der Waals surface area contributed by atoms with Crippen molar-refractivity contribution in [2.24, 2.45) is 0 Å². The third kappa shape index (κ3) is 1.86. The van der Waals surface area contributed by atoms with Gasteiger partial charge < -0.3 is 9.31 Å². The summed E-state index contributed by atoms with van der Waals surface area (Å²) in [5, 5.41) is 11.0. The van der Waals surface area contributed by atoms with E-state index in [0.717, 1.165) is 29.4 Å². The van der Waals surface area contributed by atoms with Crippen LogP contribution in [-0.4, -0.2) is 23.2 Å². The van der Waals surface area contributed by atoms with Gasteiger partial charge in [-0.15, -0.1) is 0 Å². The van der Waals surface area contributed by atoms with Crippen molar-refractivity contribution in [1.29, 1.82) is 0 Å². The maximum Gasteiger partial charge on any atom is 0.495 e. The monoisotopic (exact) mass is 275 g/mol. The molecule has 1 fully saturated rings. The molecule has 0 atom stereocenters. The Labute approximate surface area is 118 Å². The standard InChI is InChI=1S/C14H18BNO4/c1-13(2)14(3,4)20-15(19-13)12-8-10(16(17)18)7-9-5-6-11(9)12/h7-8H,5-6H2,1-4H3. The van der Waals surface area contributed by atoms with E-state index in [0.29, 0.717) is 0 Å². The van der Waals surface area contributed by atoms with E-state index in [9.17, 15) is 10.1 Å². The second-order valence-corrected chi connectivity index (χ2v) is 6.52. The van der Waals surface area contributed by atoms with Gasteiger partial charge in [-0.1, -0.05) is 0 Å². The van der Waals surface area contributed by atoms with Gasteiger partial charge in [-0.3, -0.25) is 10.1 Å². The van der Waals surface area contributed by atoms with E-state index in [1.165, 1.54) is 0 Å². The molecule has 5 nitrogen and oxygen atoms in total. The van der Waals surface area contributed by atoms with Crippen LogP contribution in [0.5, 0.6) is 0 Å². The first-order chi connectivity index (χ1) is 9.21. The summed E-state index contributed by atoms with van der Waals surface area (Å²) in [4.78, 5) is 10.7. The van der Waals surface area contributed by atoms with E-state index in [2.05, 4.69) is 0 Å². The summed E-state index contributed by atoms with van der Waals surface area (Å²) in [5.41, 5.74) is 2.27. The molecule has 0 saturated carbocycles. The van der Waals surface area contributed by atoms with Gasteiger partial charge >= 0.3 is 7.12 Å². The second kappa shape index (κ2) is 4.05. The van der Waals surface area contributed by atoms with Crippen molar-refractivity contribution < 1.29 is 14.2 Å². The molecule has 0 spiro atoms. The number of benzene rings is 1. The van der Waals surface area contributed by atoms with Gasteiger partial charge in [0, 0.05) is 12.1 Å².